The van der Waals surface area contributed by atoms with Gasteiger partial charge in [0.2, 0.25) is 0 Å². The van der Waals surface area contributed by atoms with Crippen molar-refractivity contribution in [3.8, 4) is 0 Å². The van der Waals surface area contributed by atoms with Crippen LogP contribution in [0.4, 0.5) is 0 Å². The van der Waals surface area contributed by atoms with E-state index in [4.69, 9.17) is 0 Å². The van der Waals surface area contributed by atoms with E-state index in [1.165, 1.54) is 4.88 Å². The Morgan fingerprint density at radius 1 is 1.43 bits per heavy atom. The lowest BCUT2D eigenvalue weighted by molar-refractivity contribution is -0.0667. The van der Waals surface area contributed by atoms with E-state index >= 15 is 0 Å². The molecule has 1 aromatic heterocycles. The molecule has 1 unspecified atom stereocenters. The number of nitrogens with zero attached hydrogens (tertiary/aromatic N) is 2. The fourth-order valence-electron chi connectivity index (χ4n) is 2.61. The lowest BCUT2D eigenvalue weighted by atomic mass is 9.65. The number of nitrogens with one attached hydrogen (secondary N) is 1. The molecule has 2 rings (SSSR count). The van der Waals surface area contributed by atoms with Crippen molar-refractivity contribution in [1.29, 1.82) is 0 Å². The second kappa shape index (κ2) is 6.86. The van der Waals surface area contributed by atoms with Gasteiger partial charge in [-0.2, -0.15) is 0 Å². The molecule has 21 heavy (non-hydrogen) atoms. The average molecular weight is 421 g/mol. The molecule has 0 bridgehead atoms. The Bertz CT molecular complexity index is 480. The SMILES string of the molecule is CN=C(NCC(C)c1cccs1)N1CC(C)(C)C1(C)C.I. The van der Waals surface area contributed by atoms with Crippen LogP contribution >= 0.6 is 35.3 Å². The lowest BCUT2D eigenvalue weighted by Gasteiger charge is -2.62. The van der Waals surface area contributed by atoms with Crippen LogP contribution in [-0.4, -0.2) is 36.5 Å². The third-order valence-electron chi connectivity index (χ3n) is 4.95. The largest absolute Gasteiger partial charge is 0.356 e. The van der Waals surface area contributed by atoms with Crippen LogP contribution < -0.4 is 5.32 Å². The summed E-state index contributed by atoms with van der Waals surface area (Å²) in [5.41, 5.74) is 0.491. The Labute approximate surface area is 150 Å². The van der Waals surface area contributed by atoms with Crippen LogP contribution in [0.3, 0.4) is 0 Å². The standard InChI is InChI=1S/C16H27N3S.HI/c1-12(13-8-7-9-20-13)10-18-14(17-6)19-11-15(2,3)16(19,4)5;/h7-9,12H,10-11H2,1-6H3,(H,17,18);1H. The highest BCUT2D eigenvalue weighted by molar-refractivity contribution is 14.0. The molecule has 3 nitrogen and oxygen atoms in total. The molecule has 120 valence electrons. The summed E-state index contributed by atoms with van der Waals surface area (Å²) in [5.74, 6) is 1.54. The number of hydrogen-bond acceptors (Lipinski definition) is 2. The van der Waals surface area contributed by atoms with E-state index in [9.17, 15) is 0 Å². The van der Waals surface area contributed by atoms with Gasteiger partial charge in [-0.1, -0.05) is 26.8 Å². The molecule has 0 spiro atoms. The molecule has 1 aliphatic rings. The van der Waals surface area contributed by atoms with Crippen molar-refractivity contribution in [2.45, 2.75) is 46.1 Å². The first-order chi connectivity index (χ1) is 9.29. The van der Waals surface area contributed by atoms with Gasteiger partial charge >= 0.3 is 0 Å². The van der Waals surface area contributed by atoms with E-state index in [0.717, 1.165) is 19.0 Å². The van der Waals surface area contributed by atoms with Crippen LogP contribution in [0, 0.1) is 5.41 Å². The number of likely N-dealkylation sites (tertiary alicyclic amines) is 1. The van der Waals surface area contributed by atoms with Crippen molar-refractivity contribution in [2.24, 2.45) is 10.4 Å². The molecule has 1 fully saturated rings. The Morgan fingerprint density at radius 3 is 2.52 bits per heavy atom. The van der Waals surface area contributed by atoms with Crippen molar-refractivity contribution in [3.63, 3.8) is 0 Å². The number of thiophene rings is 1. The molecule has 2 heterocycles. The van der Waals surface area contributed by atoms with Gasteiger partial charge in [0.25, 0.3) is 0 Å². The summed E-state index contributed by atoms with van der Waals surface area (Å²) < 4.78 is 0. The maximum absolute atomic E-state index is 4.46. The van der Waals surface area contributed by atoms with Crippen LogP contribution in [0.15, 0.2) is 22.5 Å². The number of rotatable bonds is 3. The fourth-order valence-corrected chi connectivity index (χ4v) is 3.40. The van der Waals surface area contributed by atoms with Crippen LogP contribution in [0.2, 0.25) is 0 Å². The van der Waals surface area contributed by atoms with E-state index in [1.807, 2.05) is 18.4 Å². The Morgan fingerprint density at radius 2 is 2.10 bits per heavy atom. The zero-order valence-electron chi connectivity index (χ0n) is 13.9. The molecule has 1 aliphatic heterocycles. The minimum Gasteiger partial charge on any atom is -0.356 e. The summed E-state index contributed by atoms with van der Waals surface area (Å²) in [5, 5.41) is 5.68. The molecule has 1 N–H and O–H groups in total. The average Bonchev–Trinajstić information content (AvgIpc) is 2.91. The summed E-state index contributed by atoms with van der Waals surface area (Å²) in [6.07, 6.45) is 0. The second-order valence-electron chi connectivity index (χ2n) is 6.87. The molecule has 0 aromatic carbocycles. The topological polar surface area (TPSA) is 27.6 Å². The highest BCUT2D eigenvalue weighted by atomic mass is 127. The zero-order valence-corrected chi connectivity index (χ0v) is 17.1. The zero-order chi connectivity index (χ0) is 15.0. The van der Waals surface area contributed by atoms with Gasteiger partial charge in [-0.05, 0) is 25.3 Å². The monoisotopic (exact) mass is 421 g/mol. The van der Waals surface area contributed by atoms with E-state index in [2.05, 4.69) is 67.3 Å². The third kappa shape index (κ3) is 3.55. The van der Waals surface area contributed by atoms with Crippen LogP contribution in [0.5, 0.6) is 0 Å². The predicted octanol–water partition coefficient (Wildman–Crippen LogP) is 4.17. The fraction of sp³-hybridized carbons (Fsp3) is 0.688. The molecule has 0 radical (unpaired) electrons. The highest BCUT2D eigenvalue weighted by Gasteiger charge is 2.53. The minimum absolute atomic E-state index is 0. The summed E-state index contributed by atoms with van der Waals surface area (Å²) in [6.45, 7) is 13.5. The van der Waals surface area contributed by atoms with Crippen LogP contribution in [-0.2, 0) is 0 Å². The molecule has 1 atom stereocenters. The molecule has 1 aromatic rings. The van der Waals surface area contributed by atoms with Gasteiger partial charge in [-0.3, -0.25) is 4.99 Å². The van der Waals surface area contributed by atoms with Crippen molar-refractivity contribution >= 4 is 41.3 Å². The van der Waals surface area contributed by atoms with Gasteiger partial charge in [0.1, 0.15) is 0 Å². The van der Waals surface area contributed by atoms with Crippen molar-refractivity contribution in [3.05, 3.63) is 22.4 Å². The maximum atomic E-state index is 4.46. The molecule has 0 aliphatic carbocycles. The van der Waals surface area contributed by atoms with E-state index in [0.29, 0.717) is 11.3 Å². The minimum atomic E-state index is 0. The highest BCUT2D eigenvalue weighted by Crippen LogP contribution is 2.46. The predicted molar refractivity (Wildman–Crippen MR) is 104 cm³/mol. The molecular formula is C16H28IN3S. The summed E-state index contributed by atoms with van der Waals surface area (Å²) in [7, 11) is 1.87. The van der Waals surface area contributed by atoms with Gasteiger partial charge in [0.15, 0.2) is 5.96 Å². The number of guanidine groups is 1. The van der Waals surface area contributed by atoms with E-state index in [-0.39, 0.29) is 29.5 Å². The summed E-state index contributed by atoms with van der Waals surface area (Å²) in [6, 6.07) is 4.32. The Hall–Kier alpha value is -0.300. The molecular weight excluding hydrogens is 393 g/mol. The third-order valence-corrected chi connectivity index (χ3v) is 6.05. The first-order valence-electron chi connectivity index (χ1n) is 7.31. The quantitative estimate of drug-likeness (QED) is 0.451. The number of halogens is 1. The lowest BCUT2D eigenvalue weighted by Crippen LogP contribution is -2.72. The molecule has 5 heteroatoms. The first-order valence-corrected chi connectivity index (χ1v) is 8.19. The van der Waals surface area contributed by atoms with Gasteiger partial charge in [-0.25, -0.2) is 0 Å². The second-order valence-corrected chi connectivity index (χ2v) is 7.85. The van der Waals surface area contributed by atoms with Gasteiger partial charge < -0.3 is 10.2 Å². The Balaban J connectivity index is 0.00000220. The molecule has 0 amide bonds. The van der Waals surface area contributed by atoms with Crippen LogP contribution in [0.25, 0.3) is 0 Å². The van der Waals surface area contributed by atoms with E-state index < -0.39 is 0 Å². The maximum Gasteiger partial charge on any atom is 0.194 e. The summed E-state index contributed by atoms with van der Waals surface area (Å²) >= 11 is 1.82. The van der Waals surface area contributed by atoms with Crippen molar-refractivity contribution < 1.29 is 0 Å². The van der Waals surface area contributed by atoms with Gasteiger partial charge in [0, 0.05) is 41.9 Å². The first kappa shape index (κ1) is 18.7. The molecule has 0 saturated carbocycles. The van der Waals surface area contributed by atoms with Crippen molar-refractivity contribution in [1.82, 2.24) is 10.2 Å². The number of hydrogen-bond donors (Lipinski definition) is 1. The Kier molecular flexibility index (Phi) is 6.12. The smallest absolute Gasteiger partial charge is 0.194 e. The van der Waals surface area contributed by atoms with E-state index in [1.54, 1.807) is 0 Å². The normalized spacial score (nSPS) is 21.2. The van der Waals surface area contributed by atoms with Crippen molar-refractivity contribution in [2.75, 3.05) is 20.1 Å². The van der Waals surface area contributed by atoms with Gasteiger partial charge in [-0.15, -0.1) is 35.3 Å². The van der Waals surface area contributed by atoms with Gasteiger partial charge in [0.05, 0.1) is 0 Å². The number of aliphatic imine (C=N–C) groups is 1. The van der Waals surface area contributed by atoms with Crippen LogP contribution in [0.1, 0.15) is 45.4 Å². The summed E-state index contributed by atoms with van der Waals surface area (Å²) in [4.78, 5) is 8.27. The molecule has 1 saturated heterocycles.